The molecule has 1 saturated carbocycles. The van der Waals surface area contributed by atoms with Crippen LogP contribution in [-0.2, 0) is 16.0 Å². The molecule has 1 heterocycles. The molecule has 1 fully saturated rings. The molecule has 0 unspecified atom stereocenters. The number of nitrogens with one attached hydrogen (secondary N) is 1. The van der Waals surface area contributed by atoms with Crippen LogP contribution >= 0.6 is 0 Å². The number of nitrogens with zero attached hydrogens (tertiary/aromatic N) is 1. The summed E-state index contributed by atoms with van der Waals surface area (Å²) < 4.78 is 5.07. The zero-order valence-corrected chi connectivity index (χ0v) is 11.8. The van der Waals surface area contributed by atoms with E-state index in [9.17, 15) is 4.79 Å². The normalized spacial score (nSPS) is 22.4. The lowest BCUT2D eigenvalue weighted by molar-refractivity contribution is -0.142. The Bertz CT molecular complexity index is 442. The number of ether oxygens (including phenoxy) is 1. The van der Waals surface area contributed by atoms with Gasteiger partial charge < -0.3 is 15.2 Å². The maximum Gasteiger partial charge on any atom is 0.306 e. The number of aliphatic carboxylic acids is 1. The summed E-state index contributed by atoms with van der Waals surface area (Å²) in [7, 11) is 1.70. The molecule has 1 aliphatic carbocycles. The minimum atomic E-state index is -0.664. The number of carboxylic acid groups (broad SMARTS) is 1. The SMILES string of the molecule is COCCc1ccnc(NC2CCC(C(=O)O)CC2)c1. The minimum Gasteiger partial charge on any atom is -0.481 e. The van der Waals surface area contributed by atoms with Gasteiger partial charge in [-0.15, -0.1) is 0 Å². The van der Waals surface area contributed by atoms with Gasteiger partial charge in [-0.05, 0) is 49.8 Å². The zero-order valence-electron chi connectivity index (χ0n) is 11.8. The molecule has 5 nitrogen and oxygen atoms in total. The Balaban J connectivity index is 1.86. The number of methoxy groups -OCH3 is 1. The summed E-state index contributed by atoms with van der Waals surface area (Å²) in [6.45, 7) is 0.702. The van der Waals surface area contributed by atoms with Gasteiger partial charge in [-0.1, -0.05) is 0 Å². The van der Waals surface area contributed by atoms with Gasteiger partial charge in [-0.2, -0.15) is 0 Å². The summed E-state index contributed by atoms with van der Waals surface area (Å²) in [5.74, 6) is 0.0366. The fourth-order valence-corrected chi connectivity index (χ4v) is 2.62. The number of carbonyl (C=O) groups is 1. The van der Waals surface area contributed by atoms with E-state index in [0.29, 0.717) is 12.6 Å². The molecule has 0 spiro atoms. The predicted octanol–water partition coefficient (Wildman–Crippen LogP) is 2.33. The van der Waals surface area contributed by atoms with Crippen LogP contribution in [0.2, 0.25) is 0 Å². The van der Waals surface area contributed by atoms with Crippen LogP contribution in [0.1, 0.15) is 31.2 Å². The van der Waals surface area contributed by atoms with E-state index in [0.717, 1.165) is 37.9 Å². The maximum atomic E-state index is 10.9. The van der Waals surface area contributed by atoms with Gasteiger partial charge in [0.1, 0.15) is 5.82 Å². The van der Waals surface area contributed by atoms with Gasteiger partial charge in [0, 0.05) is 19.3 Å². The first-order valence-corrected chi connectivity index (χ1v) is 7.12. The van der Waals surface area contributed by atoms with Gasteiger partial charge in [-0.3, -0.25) is 4.79 Å². The van der Waals surface area contributed by atoms with Crippen LogP contribution < -0.4 is 5.32 Å². The Morgan fingerprint density at radius 1 is 1.45 bits per heavy atom. The van der Waals surface area contributed by atoms with Crippen LogP contribution in [0, 0.1) is 5.92 Å². The highest BCUT2D eigenvalue weighted by Crippen LogP contribution is 2.26. The topological polar surface area (TPSA) is 71.5 Å². The van der Waals surface area contributed by atoms with E-state index in [1.165, 1.54) is 5.56 Å². The van der Waals surface area contributed by atoms with Crippen LogP contribution in [0.15, 0.2) is 18.3 Å². The van der Waals surface area contributed by atoms with Gasteiger partial charge in [0.05, 0.1) is 12.5 Å². The van der Waals surface area contributed by atoms with Gasteiger partial charge in [0.15, 0.2) is 0 Å². The first-order valence-electron chi connectivity index (χ1n) is 7.12. The molecule has 20 heavy (non-hydrogen) atoms. The third kappa shape index (κ3) is 4.20. The molecular formula is C15H22N2O3. The summed E-state index contributed by atoms with van der Waals surface area (Å²) in [5, 5.41) is 12.4. The molecule has 5 heteroatoms. The van der Waals surface area contributed by atoms with E-state index in [1.807, 2.05) is 12.1 Å². The highest BCUT2D eigenvalue weighted by atomic mass is 16.5. The molecule has 0 atom stereocenters. The van der Waals surface area contributed by atoms with Crippen molar-refractivity contribution in [3.05, 3.63) is 23.9 Å². The Labute approximate surface area is 119 Å². The summed E-state index contributed by atoms with van der Waals surface area (Å²) in [6, 6.07) is 4.36. The highest BCUT2D eigenvalue weighted by molar-refractivity contribution is 5.70. The number of aromatic nitrogens is 1. The van der Waals surface area contributed by atoms with Crippen LogP contribution in [0.25, 0.3) is 0 Å². The summed E-state index contributed by atoms with van der Waals surface area (Å²) in [4.78, 5) is 15.2. The van der Waals surface area contributed by atoms with Crippen molar-refractivity contribution in [3.8, 4) is 0 Å². The van der Waals surface area contributed by atoms with Gasteiger partial charge in [-0.25, -0.2) is 4.98 Å². The van der Waals surface area contributed by atoms with Crippen molar-refractivity contribution in [2.45, 2.75) is 38.1 Å². The van der Waals surface area contributed by atoms with Crippen molar-refractivity contribution in [2.75, 3.05) is 19.0 Å². The molecule has 0 aromatic carbocycles. The number of hydrogen-bond acceptors (Lipinski definition) is 4. The van der Waals surface area contributed by atoms with Crippen molar-refractivity contribution in [2.24, 2.45) is 5.92 Å². The smallest absolute Gasteiger partial charge is 0.306 e. The number of hydrogen-bond donors (Lipinski definition) is 2. The average Bonchev–Trinajstić information content (AvgIpc) is 2.46. The van der Waals surface area contributed by atoms with Crippen molar-refractivity contribution in [1.82, 2.24) is 4.98 Å². The molecule has 110 valence electrons. The first kappa shape index (κ1) is 14.8. The molecule has 0 amide bonds. The van der Waals surface area contributed by atoms with E-state index < -0.39 is 5.97 Å². The minimum absolute atomic E-state index is 0.172. The second kappa shape index (κ2) is 7.24. The molecular weight excluding hydrogens is 256 g/mol. The summed E-state index contributed by atoms with van der Waals surface area (Å²) in [6.07, 6.45) is 5.95. The molecule has 1 aliphatic rings. The van der Waals surface area contributed by atoms with E-state index in [1.54, 1.807) is 13.3 Å². The van der Waals surface area contributed by atoms with Gasteiger partial charge >= 0.3 is 5.97 Å². The molecule has 0 saturated heterocycles. The average molecular weight is 278 g/mol. The van der Waals surface area contributed by atoms with Crippen molar-refractivity contribution in [3.63, 3.8) is 0 Å². The first-order chi connectivity index (χ1) is 9.69. The van der Waals surface area contributed by atoms with E-state index in [2.05, 4.69) is 10.3 Å². The van der Waals surface area contributed by atoms with Crippen LogP contribution in [0.5, 0.6) is 0 Å². The molecule has 0 bridgehead atoms. The second-order valence-electron chi connectivity index (χ2n) is 5.32. The van der Waals surface area contributed by atoms with Crippen LogP contribution in [0.3, 0.4) is 0 Å². The number of rotatable bonds is 6. The van der Waals surface area contributed by atoms with Crippen LogP contribution in [-0.4, -0.2) is 35.8 Å². The molecule has 2 N–H and O–H groups in total. The van der Waals surface area contributed by atoms with Crippen molar-refractivity contribution < 1.29 is 14.6 Å². The summed E-state index contributed by atoms with van der Waals surface area (Å²) >= 11 is 0. The lowest BCUT2D eigenvalue weighted by Crippen LogP contribution is -2.29. The Hall–Kier alpha value is -1.62. The quantitative estimate of drug-likeness (QED) is 0.835. The number of pyridine rings is 1. The molecule has 1 aromatic heterocycles. The van der Waals surface area contributed by atoms with Gasteiger partial charge in [0.2, 0.25) is 0 Å². The Kier molecular flexibility index (Phi) is 5.35. The van der Waals surface area contributed by atoms with Crippen LogP contribution in [0.4, 0.5) is 5.82 Å². The van der Waals surface area contributed by atoms with E-state index >= 15 is 0 Å². The monoisotopic (exact) mass is 278 g/mol. The van der Waals surface area contributed by atoms with Crippen molar-refractivity contribution in [1.29, 1.82) is 0 Å². The predicted molar refractivity (Wildman–Crippen MR) is 76.8 cm³/mol. The molecule has 2 rings (SSSR count). The summed E-state index contributed by atoms with van der Waals surface area (Å²) in [5.41, 5.74) is 1.20. The number of anilines is 1. The third-order valence-corrected chi connectivity index (χ3v) is 3.85. The molecule has 0 aliphatic heterocycles. The molecule has 1 aromatic rings. The lowest BCUT2D eigenvalue weighted by atomic mass is 9.86. The fourth-order valence-electron chi connectivity index (χ4n) is 2.62. The van der Waals surface area contributed by atoms with E-state index in [4.69, 9.17) is 9.84 Å². The fraction of sp³-hybridized carbons (Fsp3) is 0.600. The van der Waals surface area contributed by atoms with Gasteiger partial charge in [0.25, 0.3) is 0 Å². The second-order valence-corrected chi connectivity index (χ2v) is 5.32. The van der Waals surface area contributed by atoms with E-state index in [-0.39, 0.29) is 5.92 Å². The molecule has 0 radical (unpaired) electrons. The third-order valence-electron chi connectivity index (χ3n) is 3.85. The largest absolute Gasteiger partial charge is 0.481 e. The maximum absolute atomic E-state index is 10.9. The standard InChI is InChI=1S/C15H22N2O3/c1-20-9-7-11-6-8-16-14(10-11)17-13-4-2-12(3-5-13)15(18)19/h6,8,10,12-13H,2-5,7,9H2,1H3,(H,16,17)(H,18,19). The lowest BCUT2D eigenvalue weighted by Gasteiger charge is -2.27. The Morgan fingerprint density at radius 3 is 2.85 bits per heavy atom. The highest BCUT2D eigenvalue weighted by Gasteiger charge is 2.25. The number of carboxylic acids is 1. The Morgan fingerprint density at radius 2 is 2.20 bits per heavy atom. The zero-order chi connectivity index (χ0) is 14.4. The van der Waals surface area contributed by atoms with Crippen molar-refractivity contribution >= 4 is 11.8 Å².